The predicted molar refractivity (Wildman–Crippen MR) is 103 cm³/mol. The van der Waals surface area contributed by atoms with Gasteiger partial charge in [0, 0.05) is 24.7 Å². The Hall–Kier alpha value is -2.71. The Morgan fingerprint density at radius 2 is 2.11 bits per heavy atom. The van der Waals surface area contributed by atoms with E-state index in [0.29, 0.717) is 36.8 Å². The highest BCUT2D eigenvalue weighted by Crippen LogP contribution is 2.23. The van der Waals surface area contributed by atoms with Crippen LogP contribution in [0.5, 0.6) is 0 Å². The number of hydrogen-bond acceptors (Lipinski definition) is 7. The topological polar surface area (TPSA) is 80.5 Å². The Balaban J connectivity index is 1.34. The van der Waals surface area contributed by atoms with Crippen LogP contribution in [0.2, 0.25) is 0 Å². The van der Waals surface area contributed by atoms with Crippen molar-refractivity contribution < 1.29 is 13.9 Å². The molecule has 0 atom stereocenters. The lowest BCUT2D eigenvalue weighted by atomic mass is 10.2. The van der Waals surface area contributed by atoms with Crippen molar-refractivity contribution in [2.45, 2.75) is 13.5 Å². The van der Waals surface area contributed by atoms with E-state index in [-0.39, 0.29) is 5.91 Å². The number of rotatable bonds is 5. The summed E-state index contributed by atoms with van der Waals surface area (Å²) in [7, 11) is 0. The maximum Gasteiger partial charge on any atom is 0.253 e. The normalized spacial score (nSPS) is 14.3. The van der Waals surface area contributed by atoms with Crippen LogP contribution in [-0.4, -0.2) is 42.2 Å². The molecule has 1 aliphatic rings. The van der Waals surface area contributed by atoms with Crippen LogP contribution in [0, 0.1) is 6.92 Å². The highest BCUT2D eigenvalue weighted by atomic mass is 32.1. The van der Waals surface area contributed by atoms with E-state index in [2.05, 4.69) is 20.2 Å². The fraction of sp³-hybridized carbons (Fsp3) is 0.316. The van der Waals surface area contributed by atoms with Gasteiger partial charge in [-0.15, -0.1) is 11.3 Å². The van der Waals surface area contributed by atoms with Crippen molar-refractivity contribution in [1.29, 1.82) is 0 Å². The van der Waals surface area contributed by atoms with Crippen molar-refractivity contribution in [2.75, 3.05) is 31.2 Å². The zero-order chi connectivity index (χ0) is 18.6. The molecule has 27 heavy (non-hydrogen) atoms. The van der Waals surface area contributed by atoms with Crippen molar-refractivity contribution >= 4 is 23.1 Å². The minimum atomic E-state index is -0.182. The number of nitrogens with zero attached hydrogens (tertiary/aromatic N) is 3. The van der Waals surface area contributed by atoms with E-state index >= 15 is 0 Å². The first-order valence-corrected chi connectivity index (χ1v) is 9.65. The summed E-state index contributed by atoms with van der Waals surface area (Å²) in [4.78, 5) is 23.3. The molecular formula is C19H20N4O3S. The molecule has 3 aromatic heterocycles. The molecule has 1 amide bonds. The summed E-state index contributed by atoms with van der Waals surface area (Å²) in [5.41, 5.74) is 1.34. The number of pyridine rings is 1. The fourth-order valence-corrected chi connectivity index (χ4v) is 3.46. The van der Waals surface area contributed by atoms with Crippen LogP contribution in [0.4, 0.5) is 5.82 Å². The van der Waals surface area contributed by atoms with Gasteiger partial charge in [0.2, 0.25) is 0 Å². The predicted octanol–water partition coefficient (Wildman–Crippen LogP) is 2.87. The first-order valence-electron chi connectivity index (χ1n) is 8.77. The molecule has 3 aromatic rings. The summed E-state index contributed by atoms with van der Waals surface area (Å²) in [5, 5.41) is 5.81. The zero-order valence-corrected chi connectivity index (χ0v) is 15.8. The highest BCUT2D eigenvalue weighted by Gasteiger charge is 2.14. The number of nitrogens with one attached hydrogen (secondary N) is 1. The number of ether oxygens (including phenoxy) is 1. The molecule has 7 nitrogen and oxygen atoms in total. The smallest absolute Gasteiger partial charge is 0.253 e. The zero-order valence-electron chi connectivity index (χ0n) is 15.0. The number of amides is 1. The molecule has 4 heterocycles. The summed E-state index contributed by atoms with van der Waals surface area (Å²) in [6.07, 6.45) is 1.60. The summed E-state index contributed by atoms with van der Waals surface area (Å²) in [6, 6.07) is 7.38. The third-order valence-corrected chi connectivity index (χ3v) is 5.07. The van der Waals surface area contributed by atoms with Crippen LogP contribution < -0.4 is 10.2 Å². The minimum absolute atomic E-state index is 0.182. The van der Waals surface area contributed by atoms with E-state index in [1.807, 2.05) is 30.5 Å². The second kappa shape index (κ2) is 7.89. The number of thiazole rings is 1. The van der Waals surface area contributed by atoms with Gasteiger partial charge in [-0.25, -0.2) is 9.97 Å². The fourth-order valence-electron chi connectivity index (χ4n) is 2.86. The number of aryl methyl sites for hydroxylation is 1. The van der Waals surface area contributed by atoms with Crippen molar-refractivity contribution in [1.82, 2.24) is 15.3 Å². The van der Waals surface area contributed by atoms with Crippen LogP contribution in [0.15, 0.2) is 40.3 Å². The van der Waals surface area contributed by atoms with Gasteiger partial charge in [0.05, 0.1) is 30.3 Å². The molecule has 0 saturated carbocycles. The second-order valence-corrected chi connectivity index (χ2v) is 7.27. The molecule has 140 valence electrons. The second-order valence-electron chi connectivity index (χ2n) is 6.20. The Morgan fingerprint density at radius 3 is 2.81 bits per heavy atom. The molecule has 0 aliphatic carbocycles. The SMILES string of the molecule is Cc1nc(-c2ccc(CNC(=O)c3ccc(N4CCOCC4)nc3)o2)cs1. The molecular weight excluding hydrogens is 364 g/mol. The van der Waals surface area contributed by atoms with E-state index in [9.17, 15) is 4.79 Å². The van der Waals surface area contributed by atoms with Gasteiger partial charge in [-0.2, -0.15) is 0 Å². The number of carbonyl (C=O) groups excluding carboxylic acids is 1. The van der Waals surface area contributed by atoms with Crippen molar-refractivity contribution in [3.63, 3.8) is 0 Å². The van der Waals surface area contributed by atoms with Gasteiger partial charge in [0.15, 0.2) is 5.76 Å². The first kappa shape index (κ1) is 17.7. The lowest BCUT2D eigenvalue weighted by Gasteiger charge is -2.27. The average molecular weight is 384 g/mol. The number of hydrogen-bond donors (Lipinski definition) is 1. The Labute approximate surface area is 161 Å². The standard InChI is InChI=1S/C19H20N4O3S/c1-13-22-16(12-27-13)17-4-3-15(26-17)11-21-19(24)14-2-5-18(20-10-14)23-6-8-25-9-7-23/h2-5,10,12H,6-9,11H2,1H3,(H,21,24). The first-order chi connectivity index (χ1) is 13.2. The molecule has 0 aromatic carbocycles. The van der Waals surface area contributed by atoms with Gasteiger partial charge in [-0.3, -0.25) is 4.79 Å². The largest absolute Gasteiger partial charge is 0.458 e. The third kappa shape index (κ3) is 4.17. The molecule has 8 heteroatoms. The minimum Gasteiger partial charge on any atom is -0.458 e. The molecule has 4 rings (SSSR count). The van der Waals surface area contributed by atoms with Crippen LogP contribution in [-0.2, 0) is 11.3 Å². The molecule has 1 N–H and O–H groups in total. The molecule has 0 bridgehead atoms. The Kier molecular flexibility index (Phi) is 5.17. The molecule has 0 unspecified atom stereocenters. The lowest BCUT2D eigenvalue weighted by Crippen LogP contribution is -2.36. The summed E-state index contributed by atoms with van der Waals surface area (Å²) >= 11 is 1.58. The van der Waals surface area contributed by atoms with E-state index < -0.39 is 0 Å². The quantitative estimate of drug-likeness (QED) is 0.729. The van der Waals surface area contributed by atoms with Crippen LogP contribution in [0.25, 0.3) is 11.5 Å². The molecule has 1 aliphatic heterocycles. The Morgan fingerprint density at radius 1 is 1.26 bits per heavy atom. The molecule has 1 fully saturated rings. The average Bonchev–Trinajstić information content (AvgIpc) is 3.36. The van der Waals surface area contributed by atoms with E-state index in [1.54, 1.807) is 23.6 Å². The van der Waals surface area contributed by atoms with Crippen molar-refractivity contribution in [3.05, 3.63) is 52.2 Å². The number of carbonyl (C=O) groups is 1. The third-order valence-electron chi connectivity index (χ3n) is 4.30. The van der Waals surface area contributed by atoms with Gasteiger partial charge in [-0.1, -0.05) is 0 Å². The van der Waals surface area contributed by atoms with E-state index in [4.69, 9.17) is 9.15 Å². The van der Waals surface area contributed by atoms with E-state index in [0.717, 1.165) is 29.6 Å². The molecule has 0 spiro atoms. The van der Waals surface area contributed by atoms with Gasteiger partial charge in [-0.05, 0) is 31.2 Å². The lowest BCUT2D eigenvalue weighted by molar-refractivity contribution is 0.0947. The van der Waals surface area contributed by atoms with Crippen molar-refractivity contribution in [2.24, 2.45) is 0 Å². The van der Waals surface area contributed by atoms with Gasteiger partial charge in [0.25, 0.3) is 5.91 Å². The Bertz CT molecular complexity index is 913. The van der Waals surface area contributed by atoms with E-state index in [1.165, 1.54) is 0 Å². The highest BCUT2D eigenvalue weighted by molar-refractivity contribution is 7.09. The van der Waals surface area contributed by atoms with Crippen molar-refractivity contribution in [3.8, 4) is 11.5 Å². The number of aromatic nitrogens is 2. The molecule has 1 saturated heterocycles. The van der Waals surface area contributed by atoms with Crippen LogP contribution >= 0.6 is 11.3 Å². The van der Waals surface area contributed by atoms with Gasteiger partial charge < -0.3 is 19.4 Å². The van der Waals surface area contributed by atoms with Crippen LogP contribution in [0.1, 0.15) is 21.1 Å². The number of morpholine rings is 1. The van der Waals surface area contributed by atoms with Gasteiger partial charge in [0.1, 0.15) is 17.3 Å². The summed E-state index contributed by atoms with van der Waals surface area (Å²) < 4.78 is 11.1. The monoisotopic (exact) mass is 384 g/mol. The number of anilines is 1. The summed E-state index contributed by atoms with van der Waals surface area (Å²) in [6.45, 7) is 5.31. The van der Waals surface area contributed by atoms with Gasteiger partial charge >= 0.3 is 0 Å². The maximum atomic E-state index is 12.3. The number of furan rings is 1. The maximum absolute atomic E-state index is 12.3. The summed E-state index contributed by atoms with van der Waals surface area (Å²) in [5.74, 6) is 2.07. The van der Waals surface area contributed by atoms with Crippen LogP contribution in [0.3, 0.4) is 0 Å². The molecule has 0 radical (unpaired) electrons.